The summed E-state index contributed by atoms with van der Waals surface area (Å²) in [5.74, 6) is 0.520. The summed E-state index contributed by atoms with van der Waals surface area (Å²) in [4.78, 5) is 0. The molecule has 1 N–H and O–H groups in total. The molecule has 0 aliphatic carbocycles. The van der Waals surface area contributed by atoms with Crippen LogP contribution in [0.2, 0.25) is 0 Å². The standard InChI is InChI=1S/C17H20O/c1-12(2)15-9-10-16(13(3)11-15)17(18)14-7-5-4-6-8-14/h4-12,17-18H,1-3H3. The molecule has 1 nitrogen and oxygen atoms in total. The second-order valence-corrected chi connectivity index (χ2v) is 5.08. The average Bonchev–Trinajstić information content (AvgIpc) is 2.38. The van der Waals surface area contributed by atoms with E-state index >= 15 is 0 Å². The molecule has 0 amide bonds. The quantitative estimate of drug-likeness (QED) is 0.852. The van der Waals surface area contributed by atoms with Gasteiger partial charge in [0.2, 0.25) is 0 Å². The highest BCUT2D eigenvalue weighted by molar-refractivity contribution is 5.38. The fraction of sp³-hybridized carbons (Fsp3) is 0.294. The SMILES string of the molecule is Cc1cc(C(C)C)ccc1C(O)c1ccccc1. The van der Waals surface area contributed by atoms with E-state index in [2.05, 4.69) is 32.9 Å². The molecule has 0 saturated heterocycles. The maximum Gasteiger partial charge on any atom is 0.104 e. The smallest absolute Gasteiger partial charge is 0.104 e. The lowest BCUT2D eigenvalue weighted by molar-refractivity contribution is 0.219. The van der Waals surface area contributed by atoms with E-state index in [0.29, 0.717) is 5.92 Å². The van der Waals surface area contributed by atoms with Gasteiger partial charge in [0, 0.05) is 0 Å². The third kappa shape index (κ3) is 2.62. The highest BCUT2D eigenvalue weighted by Crippen LogP contribution is 2.27. The molecule has 0 heterocycles. The van der Waals surface area contributed by atoms with Crippen LogP contribution in [0.15, 0.2) is 48.5 Å². The Labute approximate surface area is 109 Å². The van der Waals surface area contributed by atoms with E-state index in [4.69, 9.17) is 0 Å². The van der Waals surface area contributed by atoms with Crippen LogP contribution in [0.4, 0.5) is 0 Å². The van der Waals surface area contributed by atoms with Crippen LogP contribution in [0.25, 0.3) is 0 Å². The molecule has 0 spiro atoms. The van der Waals surface area contributed by atoms with Crippen LogP contribution in [0, 0.1) is 6.92 Å². The van der Waals surface area contributed by atoms with Crippen molar-refractivity contribution in [3.63, 3.8) is 0 Å². The normalized spacial score (nSPS) is 12.7. The summed E-state index contributed by atoms with van der Waals surface area (Å²) in [6.45, 7) is 6.43. The van der Waals surface area contributed by atoms with Gasteiger partial charge in [0.25, 0.3) is 0 Å². The molecule has 0 bridgehead atoms. The summed E-state index contributed by atoms with van der Waals surface area (Å²) < 4.78 is 0. The maximum atomic E-state index is 10.4. The Bertz CT molecular complexity index is 514. The highest BCUT2D eigenvalue weighted by atomic mass is 16.3. The van der Waals surface area contributed by atoms with Crippen molar-refractivity contribution in [2.45, 2.75) is 32.8 Å². The topological polar surface area (TPSA) is 20.2 Å². The van der Waals surface area contributed by atoms with Crippen molar-refractivity contribution in [1.29, 1.82) is 0 Å². The minimum absolute atomic E-state index is 0.520. The first-order chi connectivity index (χ1) is 8.59. The summed E-state index contributed by atoms with van der Waals surface area (Å²) in [5, 5.41) is 10.4. The van der Waals surface area contributed by atoms with Gasteiger partial charge >= 0.3 is 0 Å². The largest absolute Gasteiger partial charge is 0.384 e. The van der Waals surface area contributed by atoms with E-state index in [1.54, 1.807) is 0 Å². The van der Waals surface area contributed by atoms with Crippen LogP contribution >= 0.6 is 0 Å². The van der Waals surface area contributed by atoms with Gasteiger partial charge in [-0.15, -0.1) is 0 Å². The lowest BCUT2D eigenvalue weighted by atomic mass is 9.93. The predicted octanol–water partition coefficient (Wildman–Crippen LogP) is 4.20. The second kappa shape index (κ2) is 5.36. The Morgan fingerprint density at radius 2 is 1.56 bits per heavy atom. The first-order valence-corrected chi connectivity index (χ1v) is 6.43. The van der Waals surface area contributed by atoms with Gasteiger partial charge in [-0.3, -0.25) is 0 Å². The zero-order chi connectivity index (χ0) is 13.1. The molecule has 1 atom stereocenters. The lowest BCUT2D eigenvalue weighted by Crippen LogP contribution is -2.02. The predicted molar refractivity (Wildman–Crippen MR) is 75.8 cm³/mol. The Morgan fingerprint density at radius 3 is 2.11 bits per heavy atom. The van der Waals surface area contributed by atoms with Gasteiger partial charge < -0.3 is 5.11 Å². The van der Waals surface area contributed by atoms with Gasteiger partial charge in [0.05, 0.1) is 0 Å². The van der Waals surface area contributed by atoms with Crippen molar-refractivity contribution in [3.8, 4) is 0 Å². The zero-order valence-corrected chi connectivity index (χ0v) is 11.2. The van der Waals surface area contributed by atoms with Gasteiger partial charge in [-0.2, -0.15) is 0 Å². The van der Waals surface area contributed by atoms with Crippen LogP contribution < -0.4 is 0 Å². The van der Waals surface area contributed by atoms with Crippen molar-refractivity contribution >= 4 is 0 Å². The lowest BCUT2D eigenvalue weighted by Gasteiger charge is -2.16. The van der Waals surface area contributed by atoms with Gasteiger partial charge in [-0.1, -0.05) is 62.4 Å². The molecule has 1 heteroatoms. The number of aliphatic hydroxyl groups excluding tert-OH is 1. The minimum atomic E-state index is -0.535. The van der Waals surface area contributed by atoms with E-state index in [-0.39, 0.29) is 0 Å². The number of hydrogen-bond donors (Lipinski definition) is 1. The molecule has 0 saturated carbocycles. The first-order valence-electron chi connectivity index (χ1n) is 6.43. The van der Waals surface area contributed by atoms with Gasteiger partial charge in [-0.25, -0.2) is 0 Å². The summed E-state index contributed by atoms with van der Waals surface area (Å²) in [6.07, 6.45) is -0.535. The number of benzene rings is 2. The van der Waals surface area contributed by atoms with E-state index in [0.717, 1.165) is 16.7 Å². The van der Waals surface area contributed by atoms with E-state index in [1.807, 2.05) is 36.4 Å². The molecule has 0 aliphatic rings. The third-order valence-corrected chi connectivity index (χ3v) is 3.37. The molecule has 2 aromatic carbocycles. The van der Waals surface area contributed by atoms with Crippen molar-refractivity contribution in [3.05, 3.63) is 70.8 Å². The van der Waals surface area contributed by atoms with Gasteiger partial charge in [0.1, 0.15) is 6.10 Å². The Morgan fingerprint density at radius 1 is 0.889 bits per heavy atom. The van der Waals surface area contributed by atoms with Crippen molar-refractivity contribution in [1.82, 2.24) is 0 Å². The molecular weight excluding hydrogens is 220 g/mol. The first kappa shape index (κ1) is 12.8. The van der Waals surface area contributed by atoms with Crippen LogP contribution in [0.5, 0.6) is 0 Å². The molecule has 18 heavy (non-hydrogen) atoms. The molecule has 2 aromatic rings. The molecule has 2 rings (SSSR count). The number of aliphatic hydroxyl groups is 1. The van der Waals surface area contributed by atoms with E-state index < -0.39 is 6.10 Å². The summed E-state index contributed by atoms with van der Waals surface area (Å²) in [5.41, 5.74) is 4.40. The summed E-state index contributed by atoms with van der Waals surface area (Å²) >= 11 is 0. The molecule has 0 aromatic heterocycles. The summed E-state index contributed by atoms with van der Waals surface area (Å²) in [7, 11) is 0. The van der Waals surface area contributed by atoms with Crippen LogP contribution in [0.1, 0.15) is 48.1 Å². The van der Waals surface area contributed by atoms with Crippen LogP contribution in [-0.4, -0.2) is 5.11 Å². The Balaban J connectivity index is 2.34. The zero-order valence-electron chi connectivity index (χ0n) is 11.2. The molecule has 1 unspecified atom stereocenters. The highest BCUT2D eigenvalue weighted by Gasteiger charge is 2.13. The number of aryl methyl sites for hydroxylation is 1. The number of rotatable bonds is 3. The van der Waals surface area contributed by atoms with Crippen LogP contribution in [-0.2, 0) is 0 Å². The molecular formula is C17H20O. The van der Waals surface area contributed by atoms with Crippen molar-refractivity contribution in [2.75, 3.05) is 0 Å². The molecule has 0 fully saturated rings. The van der Waals surface area contributed by atoms with E-state index in [1.165, 1.54) is 5.56 Å². The molecule has 0 aliphatic heterocycles. The van der Waals surface area contributed by atoms with Crippen LogP contribution in [0.3, 0.4) is 0 Å². The Kier molecular flexibility index (Phi) is 3.83. The summed E-state index contributed by atoms with van der Waals surface area (Å²) in [6, 6.07) is 16.1. The second-order valence-electron chi connectivity index (χ2n) is 5.08. The Hall–Kier alpha value is -1.60. The fourth-order valence-corrected chi connectivity index (χ4v) is 2.18. The fourth-order valence-electron chi connectivity index (χ4n) is 2.18. The van der Waals surface area contributed by atoms with Gasteiger partial charge in [-0.05, 0) is 35.1 Å². The van der Waals surface area contributed by atoms with Crippen molar-refractivity contribution in [2.24, 2.45) is 0 Å². The van der Waals surface area contributed by atoms with Crippen molar-refractivity contribution < 1.29 is 5.11 Å². The maximum absolute atomic E-state index is 10.4. The van der Waals surface area contributed by atoms with E-state index in [9.17, 15) is 5.11 Å². The third-order valence-electron chi connectivity index (χ3n) is 3.37. The number of hydrogen-bond acceptors (Lipinski definition) is 1. The minimum Gasteiger partial charge on any atom is -0.384 e. The monoisotopic (exact) mass is 240 g/mol. The average molecular weight is 240 g/mol. The molecule has 94 valence electrons. The molecule has 0 radical (unpaired) electrons. The van der Waals surface area contributed by atoms with Gasteiger partial charge in [0.15, 0.2) is 0 Å².